The minimum Gasteiger partial charge on any atom is -0.384 e. The molecule has 1 aromatic rings. The van der Waals surface area contributed by atoms with E-state index in [1.54, 1.807) is 19.1 Å². The molecule has 1 aromatic carbocycles. The zero-order chi connectivity index (χ0) is 14.6. The molecule has 0 aromatic heterocycles. The molecule has 1 unspecified atom stereocenters. The quantitative estimate of drug-likeness (QED) is 0.387. The Morgan fingerprint density at radius 2 is 2.24 bits per heavy atom. The highest BCUT2D eigenvalue weighted by Gasteiger charge is 2.23. The van der Waals surface area contributed by atoms with E-state index in [2.05, 4.69) is 10.3 Å². The van der Waals surface area contributed by atoms with E-state index >= 15 is 0 Å². The van der Waals surface area contributed by atoms with E-state index in [-0.39, 0.29) is 30.5 Å². The van der Waals surface area contributed by atoms with Crippen molar-refractivity contribution in [1.82, 2.24) is 5.32 Å². The van der Waals surface area contributed by atoms with E-state index < -0.39 is 5.60 Å². The molecule has 6 heteroatoms. The SMILES string of the molecule is CC(O)(CN=C(N)NCC1CCC1)c1cccc(Cl)c1.I. The maximum Gasteiger partial charge on any atom is 0.188 e. The predicted molar refractivity (Wildman–Crippen MR) is 98.3 cm³/mol. The van der Waals surface area contributed by atoms with Crippen LogP contribution in [0.1, 0.15) is 31.7 Å². The van der Waals surface area contributed by atoms with Crippen molar-refractivity contribution < 1.29 is 5.11 Å². The fourth-order valence-corrected chi connectivity index (χ4v) is 2.35. The van der Waals surface area contributed by atoms with Gasteiger partial charge in [-0.2, -0.15) is 0 Å². The zero-order valence-electron chi connectivity index (χ0n) is 12.2. The van der Waals surface area contributed by atoms with Crippen molar-refractivity contribution in [3.63, 3.8) is 0 Å². The number of hydrogen-bond donors (Lipinski definition) is 3. The summed E-state index contributed by atoms with van der Waals surface area (Å²) in [5, 5.41) is 14.2. The second-order valence-corrected chi connectivity index (χ2v) is 6.10. The number of benzene rings is 1. The summed E-state index contributed by atoms with van der Waals surface area (Å²) in [4.78, 5) is 4.22. The first kappa shape index (κ1) is 18.5. The highest BCUT2D eigenvalue weighted by Crippen LogP contribution is 2.25. The molecule has 0 aliphatic heterocycles. The van der Waals surface area contributed by atoms with Gasteiger partial charge in [0.05, 0.1) is 6.54 Å². The average molecular weight is 424 g/mol. The standard InChI is InChI=1S/C15H22ClN3O.HI/c1-15(20,12-6-3-7-13(16)8-12)10-19-14(17)18-9-11-4-2-5-11;/h3,6-8,11,20H,2,4-5,9-10H2,1H3,(H3,17,18,19);1H. The Morgan fingerprint density at radius 1 is 1.52 bits per heavy atom. The van der Waals surface area contributed by atoms with Crippen LogP contribution in [0.3, 0.4) is 0 Å². The van der Waals surface area contributed by atoms with Gasteiger partial charge in [0.25, 0.3) is 0 Å². The van der Waals surface area contributed by atoms with Gasteiger partial charge in [-0.1, -0.05) is 30.2 Å². The molecule has 1 fully saturated rings. The van der Waals surface area contributed by atoms with Crippen LogP contribution in [-0.2, 0) is 5.60 Å². The van der Waals surface area contributed by atoms with Gasteiger partial charge in [-0.05, 0) is 43.4 Å². The number of aliphatic imine (C=N–C) groups is 1. The first-order chi connectivity index (χ1) is 9.47. The molecule has 1 saturated carbocycles. The molecular formula is C15H23ClIN3O. The van der Waals surface area contributed by atoms with E-state index in [4.69, 9.17) is 17.3 Å². The zero-order valence-corrected chi connectivity index (χ0v) is 15.3. The first-order valence-corrected chi connectivity index (χ1v) is 7.37. The lowest BCUT2D eigenvalue weighted by Crippen LogP contribution is -2.38. The summed E-state index contributed by atoms with van der Waals surface area (Å²) in [5.41, 5.74) is 5.48. The maximum absolute atomic E-state index is 10.4. The molecule has 1 aliphatic carbocycles. The van der Waals surface area contributed by atoms with Gasteiger partial charge in [-0.3, -0.25) is 4.99 Å². The predicted octanol–water partition coefficient (Wildman–Crippen LogP) is 2.87. The molecule has 1 atom stereocenters. The summed E-state index contributed by atoms with van der Waals surface area (Å²) in [6.45, 7) is 2.78. The van der Waals surface area contributed by atoms with Gasteiger partial charge < -0.3 is 16.2 Å². The fraction of sp³-hybridized carbons (Fsp3) is 0.533. The van der Waals surface area contributed by atoms with Crippen LogP contribution in [0.4, 0.5) is 0 Å². The van der Waals surface area contributed by atoms with E-state index in [0.717, 1.165) is 18.0 Å². The number of halogens is 2. The first-order valence-electron chi connectivity index (χ1n) is 6.99. The number of aliphatic hydroxyl groups is 1. The van der Waals surface area contributed by atoms with E-state index in [0.29, 0.717) is 11.0 Å². The third kappa shape index (κ3) is 5.64. The summed E-state index contributed by atoms with van der Waals surface area (Å²) < 4.78 is 0. The monoisotopic (exact) mass is 423 g/mol. The molecule has 1 aliphatic rings. The van der Waals surface area contributed by atoms with E-state index in [9.17, 15) is 5.11 Å². The van der Waals surface area contributed by atoms with Crippen LogP contribution >= 0.6 is 35.6 Å². The minimum atomic E-state index is -1.08. The summed E-state index contributed by atoms with van der Waals surface area (Å²) in [6, 6.07) is 7.17. The molecule has 4 N–H and O–H groups in total. The van der Waals surface area contributed by atoms with Gasteiger partial charge in [0, 0.05) is 11.6 Å². The molecule has 0 amide bonds. The second kappa shape index (κ2) is 8.19. The molecule has 0 heterocycles. The molecule has 0 saturated heterocycles. The van der Waals surface area contributed by atoms with Crippen LogP contribution in [0.5, 0.6) is 0 Å². The Morgan fingerprint density at radius 3 is 2.81 bits per heavy atom. The van der Waals surface area contributed by atoms with Crippen LogP contribution < -0.4 is 11.1 Å². The molecule has 118 valence electrons. The normalized spacial score (nSPS) is 18.3. The highest BCUT2D eigenvalue weighted by atomic mass is 127. The number of nitrogens with two attached hydrogens (primary N) is 1. The minimum absolute atomic E-state index is 0. The Labute approximate surface area is 148 Å². The number of hydrogen-bond acceptors (Lipinski definition) is 2. The highest BCUT2D eigenvalue weighted by molar-refractivity contribution is 14.0. The van der Waals surface area contributed by atoms with Gasteiger partial charge >= 0.3 is 0 Å². The topological polar surface area (TPSA) is 70.6 Å². The smallest absolute Gasteiger partial charge is 0.188 e. The maximum atomic E-state index is 10.4. The van der Waals surface area contributed by atoms with Gasteiger partial charge in [0.15, 0.2) is 5.96 Å². The van der Waals surface area contributed by atoms with Crippen LogP contribution in [0, 0.1) is 5.92 Å². The third-order valence-corrected chi connectivity index (χ3v) is 4.04. The van der Waals surface area contributed by atoms with Crippen LogP contribution in [0.25, 0.3) is 0 Å². The summed E-state index contributed by atoms with van der Waals surface area (Å²) >= 11 is 5.94. The van der Waals surface area contributed by atoms with E-state index in [1.807, 2.05) is 12.1 Å². The van der Waals surface area contributed by atoms with Crippen molar-refractivity contribution in [1.29, 1.82) is 0 Å². The lowest BCUT2D eigenvalue weighted by Gasteiger charge is -2.26. The molecule has 21 heavy (non-hydrogen) atoms. The fourth-order valence-electron chi connectivity index (χ4n) is 2.16. The molecule has 0 bridgehead atoms. The number of guanidine groups is 1. The van der Waals surface area contributed by atoms with Gasteiger partial charge in [0.1, 0.15) is 5.60 Å². The summed E-state index contributed by atoms with van der Waals surface area (Å²) in [6.07, 6.45) is 3.84. The van der Waals surface area contributed by atoms with E-state index in [1.165, 1.54) is 19.3 Å². The molecular weight excluding hydrogens is 401 g/mol. The summed E-state index contributed by atoms with van der Waals surface area (Å²) in [7, 11) is 0. The lowest BCUT2D eigenvalue weighted by atomic mass is 9.85. The third-order valence-electron chi connectivity index (χ3n) is 3.80. The largest absolute Gasteiger partial charge is 0.384 e. The molecule has 0 radical (unpaired) electrons. The van der Waals surface area contributed by atoms with Gasteiger partial charge in [0.2, 0.25) is 0 Å². The van der Waals surface area contributed by atoms with Crippen molar-refractivity contribution in [2.24, 2.45) is 16.6 Å². The Balaban J connectivity index is 0.00000220. The van der Waals surface area contributed by atoms with Crippen molar-refractivity contribution in [3.8, 4) is 0 Å². The Kier molecular flexibility index (Phi) is 7.23. The Hall–Kier alpha value is -0.530. The molecule has 2 rings (SSSR count). The number of nitrogens with zero attached hydrogens (tertiary/aromatic N) is 1. The summed E-state index contributed by atoms with van der Waals surface area (Å²) in [5.74, 6) is 1.11. The van der Waals surface area contributed by atoms with Crippen molar-refractivity contribution in [2.75, 3.05) is 13.1 Å². The van der Waals surface area contributed by atoms with Gasteiger partial charge in [-0.25, -0.2) is 0 Å². The van der Waals surface area contributed by atoms with Crippen LogP contribution in [0.15, 0.2) is 29.3 Å². The lowest BCUT2D eigenvalue weighted by molar-refractivity contribution is 0.0673. The molecule has 0 spiro atoms. The van der Waals surface area contributed by atoms with Crippen LogP contribution in [-0.4, -0.2) is 24.2 Å². The average Bonchev–Trinajstić information content (AvgIpc) is 2.35. The number of nitrogens with one attached hydrogen (secondary N) is 1. The van der Waals surface area contributed by atoms with Crippen molar-refractivity contribution in [2.45, 2.75) is 31.8 Å². The molecule has 4 nitrogen and oxygen atoms in total. The van der Waals surface area contributed by atoms with Crippen molar-refractivity contribution in [3.05, 3.63) is 34.9 Å². The van der Waals surface area contributed by atoms with Crippen molar-refractivity contribution >= 4 is 41.5 Å². The van der Waals surface area contributed by atoms with Gasteiger partial charge in [-0.15, -0.1) is 24.0 Å². The Bertz CT molecular complexity index is 490. The van der Waals surface area contributed by atoms with Crippen LogP contribution in [0.2, 0.25) is 5.02 Å². The number of rotatable bonds is 5. The second-order valence-electron chi connectivity index (χ2n) is 5.66.